The zero-order valence-corrected chi connectivity index (χ0v) is 19.1. The van der Waals surface area contributed by atoms with Crippen LogP contribution in [0.15, 0.2) is 76.5 Å². The number of aryl methyl sites for hydroxylation is 1. The van der Waals surface area contributed by atoms with E-state index in [1.165, 1.54) is 23.9 Å². The average Bonchev–Trinajstić information content (AvgIpc) is 2.78. The molecule has 2 N–H and O–H groups in total. The molecular formula is C23H21F2NO5S2. The number of halogens is 2. The second-order valence-corrected chi connectivity index (χ2v) is 9.76. The molecule has 0 heterocycles. The number of alkyl halides is 2. The van der Waals surface area contributed by atoms with Gasteiger partial charge in [0, 0.05) is 16.3 Å². The summed E-state index contributed by atoms with van der Waals surface area (Å²) < 4.78 is 57.9. The molecule has 3 aromatic carbocycles. The van der Waals surface area contributed by atoms with Crippen LogP contribution in [0.25, 0.3) is 0 Å². The molecule has 1 unspecified atom stereocenters. The van der Waals surface area contributed by atoms with Crippen molar-refractivity contribution in [2.75, 3.05) is 11.4 Å². The zero-order valence-electron chi connectivity index (χ0n) is 17.5. The van der Waals surface area contributed by atoms with E-state index in [0.29, 0.717) is 17.0 Å². The third-order valence-corrected chi connectivity index (χ3v) is 7.01. The Kier molecular flexibility index (Phi) is 7.93. The van der Waals surface area contributed by atoms with Gasteiger partial charge in [0.25, 0.3) is 16.4 Å². The van der Waals surface area contributed by atoms with Crippen molar-refractivity contribution >= 4 is 33.4 Å². The minimum Gasteiger partial charge on any atom is -0.478 e. The van der Waals surface area contributed by atoms with Gasteiger partial charge in [0.05, 0.1) is 10.5 Å². The summed E-state index contributed by atoms with van der Waals surface area (Å²) in [6.45, 7) is 0.370. The predicted molar refractivity (Wildman–Crippen MR) is 123 cm³/mol. The Balaban J connectivity index is 1.64. The molecule has 0 saturated heterocycles. The number of carboxylic acids is 1. The van der Waals surface area contributed by atoms with Gasteiger partial charge in [0.1, 0.15) is 5.75 Å². The van der Waals surface area contributed by atoms with Crippen LogP contribution in [0.5, 0.6) is 5.75 Å². The summed E-state index contributed by atoms with van der Waals surface area (Å²) in [4.78, 5) is 12.0. The Bertz CT molecular complexity index is 1230. The normalized spacial score (nSPS) is 12.2. The fourth-order valence-electron chi connectivity index (χ4n) is 2.89. The maximum Gasteiger partial charge on any atom is 0.335 e. The van der Waals surface area contributed by atoms with Gasteiger partial charge in [-0.25, -0.2) is 17.6 Å². The zero-order chi connectivity index (χ0) is 24.0. The van der Waals surface area contributed by atoms with Crippen molar-refractivity contribution in [1.29, 1.82) is 0 Å². The Morgan fingerprint density at radius 3 is 2.52 bits per heavy atom. The van der Waals surface area contributed by atoms with E-state index in [-0.39, 0.29) is 16.2 Å². The number of hydrogen-bond donors (Lipinski definition) is 2. The Hall–Kier alpha value is -3.11. The van der Waals surface area contributed by atoms with Crippen LogP contribution in [-0.4, -0.2) is 32.5 Å². The van der Waals surface area contributed by atoms with E-state index < -0.39 is 29.0 Å². The Labute approximate surface area is 194 Å². The first-order valence-corrected chi connectivity index (χ1v) is 12.2. The molecule has 0 amide bonds. The highest BCUT2D eigenvalue weighted by molar-refractivity contribution is 7.98. The van der Waals surface area contributed by atoms with Gasteiger partial charge in [0.15, 0.2) is 6.67 Å². The van der Waals surface area contributed by atoms with Crippen molar-refractivity contribution in [3.63, 3.8) is 0 Å². The van der Waals surface area contributed by atoms with Gasteiger partial charge >= 0.3 is 5.97 Å². The largest absolute Gasteiger partial charge is 0.478 e. The molecule has 0 aromatic heterocycles. The fraction of sp³-hybridized carbons (Fsp3) is 0.174. The number of anilines is 1. The average molecular weight is 494 g/mol. The summed E-state index contributed by atoms with van der Waals surface area (Å²) in [5, 5.41) is 9.22. The molecule has 0 saturated carbocycles. The number of nitrogens with one attached hydrogen (secondary N) is 1. The highest BCUT2D eigenvalue weighted by atomic mass is 32.2. The SMILES string of the molecule is Cc1ccc(S(=O)(=O)Nc2ccc(SCc3cccc(OC(F)CF)c3)cc2)cc1C(=O)O. The lowest BCUT2D eigenvalue weighted by atomic mass is 10.1. The summed E-state index contributed by atoms with van der Waals surface area (Å²) in [5.41, 5.74) is 1.56. The van der Waals surface area contributed by atoms with Gasteiger partial charge in [-0.15, -0.1) is 11.8 Å². The lowest BCUT2D eigenvalue weighted by Crippen LogP contribution is -2.14. The first-order chi connectivity index (χ1) is 15.7. The van der Waals surface area contributed by atoms with Crippen molar-refractivity contribution in [2.24, 2.45) is 0 Å². The molecule has 0 fully saturated rings. The first kappa shape index (κ1) is 24.5. The summed E-state index contributed by atoms with van der Waals surface area (Å²) in [6, 6.07) is 17.3. The quantitative estimate of drug-likeness (QED) is 0.366. The van der Waals surface area contributed by atoms with Crippen LogP contribution < -0.4 is 9.46 Å². The standard InChI is InChI=1S/C23H21F2NO5S2/c1-15-5-10-20(12-21(15)23(27)28)33(29,30)26-17-6-8-19(9-7-17)32-14-16-3-2-4-18(11-16)31-22(25)13-24/h2-12,22,26H,13-14H2,1H3,(H,27,28). The van der Waals surface area contributed by atoms with E-state index in [2.05, 4.69) is 4.72 Å². The van der Waals surface area contributed by atoms with Crippen LogP contribution in [0.4, 0.5) is 14.5 Å². The van der Waals surface area contributed by atoms with Crippen LogP contribution in [0.3, 0.4) is 0 Å². The van der Waals surface area contributed by atoms with Crippen LogP contribution in [-0.2, 0) is 15.8 Å². The second-order valence-electron chi connectivity index (χ2n) is 7.03. The lowest BCUT2D eigenvalue weighted by molar-refractivity contribution is 0.0434. The lowest BCUT2D eigenvalue weighted by Gasteiger charge is -2.11. The molecule has 0 aliphatic heterocycles. The van der Waals surface area contributed by atoms with E-state index >= 15 is 0 Å². The molecular weight excluding hydrogens is 472 g/mol. The third-order valence-electron chi connectivity index (χ3n) is 4.55. The van der Waals surface area contributed by atoms with Crippen molar-refractivity contribution in [3.05, 3.63) is 83.4 Å². The molecule has 6 nitrogen and oxygen atoms in total. The van der Waals surface area contributed by atoms with Gasteiger partial charge in [0.2, 0.25) is 0 Å². The van der Waals surface area contributed by atoms with Crippen LogP contribution in [0.2, 0.25) is 0 Å². The van der Waals surface area contributed by atoms with Gasteiger partial charge < -0.3 is 9.84 Å². The van der Waals surface area contributed by atoms with E-state index in [1.807, 2.05) is 6.07 Å². The Morgan fingerprint density at radius 1 is 1.12 bits per heavy atom. The van der Waals surface area contributed by atoms with Crippen LogP contribution in [0.1, 0.15) is 21.5 Å². The van der Waals surface area contributed by atoms with E-state index in [0.717, 1.165) is 16.5 Å². The highest BCUT2D eigenvalue weighted by Gasteiger charge is 2.18. The highest BCUT2D eigenvalue weighted by Crippen LogP contribution is 2.27. The molecule has 0 spiro atoms. The number of rotatable bonds is 10. The van der Waals surface area contributed by atoms with Gasteiger partial charge in [-0.3, -0.25) is 4.72 Å². The van der Waals surface area contributed by atoms with Gasteiger partial charge in [-0.05, 0) is 66.6 Å². The fourth-order valence-corrected chi connectivity index (χ4v) is 4.81. The molecule has 33 heavy (non-hydrogen) atoms. The minimum absolute atomic E-state index is 0.0779. The molecule has 0 bridgehead atoms. The van der Waals surface area contributed by atoms with Gasteiger partial charge in [-0.1, -0.05) is 18.2 Å². The molecule has 3 aromatic rings. The summed E-state index contributed by atoms with van der Waals surface area (Å²) in [5.74, 6) is -0.420. The van der Waals surface area contributed by atoms with Gasteiger partial charge in [-0.2, -0.15) is 4.39 Å². The Morgan fingerprint density at radius 2 is 1.85 bits per heavy atom. The number of carbonyl (C=O) groups is 1. The predicted octanol–water partition coefficient (Wildman–Crippen LogP) is 5.43. The maximum absolute atomic E-state index is 13.1. The topological polar surface area (TPSA) is 92.7 Å². The van der Waals surface area contributed by atoms with Crippen molar-refractivity contribution in [2.45, 2.75) is 28.8 Å². The molecule has 174 valence electrons. The molecule has 1 atom stereocenters. The van der Waals surface area contributed by atoms with Crippen molar-refractivity contribution < 1.29 is 31.8 Å². The first-order valence-electron chi connectivity index (χ1n) is 9.73. The monoisotopic (exact) mass is 493 g/mol. The number of sulfonamides is 1. The minimum atomic E-state index is -3.96. The summed E-state index contributed by atoms with van der Waals surface area (Å²) in [6.07, 6.45) is -2.00. The van der Waals surface area contributed by atoms with Crippen molar-refractivity contribution in [1.82, 2.24) is 0 Å². The second kappa shape index (κ2) is 10.7. The summed E-state index contributed by atoms with van der Waals surface area (Å²) in [7, 11) is -3.96. The summed E-state index contributed by atoms with van der Waals surface area (Å²) >= 11 is 1.47. The van der Waals surface area contributed by atoms with E-state index in [1.54, 1.807) is 49.4 Å². The third kappa shape index (κ3) is 6.69. The number of aromatic carboxylic acids is 1. The molecule has 10 heteroatoms. The number of benzene rings is 3. The molecule has 3 rings (SSSR count). The smallest absolute Gasteiger partial charge is 0.335 e. The number of thioether (sulfide) groups is 1. The van der Waals surface area contributed by atoms with E-state index in [9.17, 15) is 27.1 Å². The number of ether oxygens (including phenoxy) is 1. The molecule has 0 aliphatic carbocycles. The van der Waals surface area contributed by atoms with E-state index in [4.69, 9.17) is 4.74 Å². The number of hydrogen-bond acceptors (Lipinski definition) is 5. The van der Waals surface area contributed by atoms with Crippen molar-refractivity contribution in [3.8, 4) is 5.75 Å². The molecule has 0 aliphatic rings. The number of carboxylic acid groups (broad SMARTS) is 1. The van der Waals surface area contributed by atoms with Crippen LogP contribution in [0, 0.1) is 6.92 Å². The maximum atomic E-state index is 13.1. The van der Waals surface area contributed by atoms with Crippen LogP contribution >= 0.6 is 11.8 Å². The molecule has 0 radical (unpaired) electrons.